The third-order valence-corrected chi connectivity index (χ3v) is 4.79. The van der Waals surface area contributed by atoms with Crippen molar-refractivity contribution in [2.45, 2.75) is 84.7 Å². The minimum Gasteiger partial charge on any atom is -0.481 e. The summed E-state index contributed by atoms with van der Waals surface area (Å²) in [4.78, 5) is 11.6. The van der Waals surface area contributed by atoms with E-state index in [9.17, 15) is 9.90 Å². The van der Waals surface area contributed by atoms with Gasteiger partial charge in [0.1, 0.15) is 0 Å². The fourth-order valence-electron chi connectivity index (χ4n) is 4.14. The second kappa shape index (κ2) is 6.46. The van der Waals surface area contributed by atoms with Crippen molar-refractivity contribution in [2.24, 2.45) is 17.8 Å². The zero-order valence-corrected chi connectivity index (χ0v) is 14.1. The maximum atomic E-state index is 11.6. The van der Waals surface area contributed by atoms with Gasteiger partial charge >= 0.3 is 5.97 Å². The maximum Gasteiger partial charge on any atom is 0.306 e. The van der Waals surface area contributed by atoms with Crippen LogP contribution < -0.4 is 5.32 Å². The second-order valence-corrected chi connectivity index (χ2v) is 8.01. The molecule has 2 atom stereocenters. The van der Waals surface area contributed by atoms with Crippen molar-refractivity contribution in [3.8, 4) is 0 Å². The number of nitrogens with one attached hydrogen (secondary N) is 1. The zero-order valence-electron chi connectivity index (χ0n) is 14.1. The Hall–Kier alpha value is -0.570. The van der Waals surface area contributed by atoms with Gasteiger partial charge in [-0.3, -0.25) is 4.79 Å². The lowest BCUT2D eigenvalue weighted by Gasteiger charge is -2.49. The van der Waals surface area contributed by atoms with Gasteiger partial charge in [0.05, 0.1) is 5.92 Å². The number of carbonyl (C=O) groups is 1. The summed E-state index contributed by atoms with van der Waals surface area (Å²) in [6, 6.07) is 0. The number of hydrogen-bond acceptors (Lipinski definition) is 2. The van der Waals surface area contributed by atoms with Crippen LogP contribution in [0.25, 0.3) is 0 Å². The van der Waals surface area contributed by atoms with Crippen molar-refractivity contribution < 1.29 is 9.90 Å². The first-order valence-corrected chi connectivity index (χ1v) is 8.10. The quantitative estimate of drug-likeness (QED) is 0.772. The Kier molecular flexibility index (Phi) is 5.65. The van der Waals surface area contributed by atoms with E-state index in [4.69, 9.17) is 0 Å². The second-order valence-electron chi connectivity index (χ2n) is 8.01. The molecule has 3 nitrogen and oxygen atoms in total. The topological polar surface area (TPSA) is 49.3 Å². The lowest BCUT2D eigenvalue weighted by atomic mass is 9.67. The van der Waals surface area contributed by atoms with E-state index in [0.717, 1.165) is 32.1 Å². The molecule has 0 aliphatic carbocycles. The van der Waals surface area contributed by atoms with Crippen molar-refractivity contribution >= 4 is 5.97 Å². The first-order chi connectivity index (χ1) is 9.08. The highest BCUT2D eigenvalue weighted by molar-refractivity contribution is 5.70. The zero-order chi connectivity index (χ0) is 15.6. The summed E-state index contributed by atoms with van der Waals surface area (Å²) in [5.41, 5.74) is 0.184. The highest BCUT2D eigenvalue weighted by Gasteiger charge is 2.42. The largest absolute Gasteiger partial charge is 0.481 e. The summed E-state index contributed by atoms with van der Waals surface area (Å²) >= 11 is 0. The smallest absolute Gasteiger partial charge is 0.306 e. The van der Waals surface area contributed by atoms with Crippen molar-refractivity contribution in [1.29, 1.82) is 0 Å². The summed E-state index contributed by atoms with van der Waals surface area (Å²) in [5.74, 6) is -0.0661. The van der Waals surface area contributed by atoms with Gasteiger partial charge in [-0.2, -0.15) is 0 Å². The van der Waals surface area contributed by atoms with Crippen LogP contribution >= 0.6 is 0 Å². The van der Waals surface area contributed by atoms with Crippen molar-refractivity contribution in [3.05, 3.63) is 0 Å². The molecule has 1 fully saturated rings. The summed E-state index contributed by atoms with van der Waals surface area (Å²) in [5, 5.41) is 13.2. The normalized spacial score (nSPS) is 25.1. The number of carboxylic acid groups (broad SMARTS) is 1. The van der Waals surface area contributed by atoms with E-state index < -0.39 is 5.97 Å². The number of hydrogen-bond donors (Lipinski definition) is 2. The van der Waals surface area contributed by atoms with Gasteiger partial charge in [0.2, 0.25) is 0 Å². The average Bonchev–Trinajstić information content (AvgIpc) is 2.24. The summed E-state index contributed by atoms with van der Waals surface area (Å²) < 4.78 is 0. The van der Waals surface area contributed by atoms with Crippen LogP contribution in [0.3, 0.4) is 0 Å². The van der Waals surface area contributed by atoms with E-state index in [1.54, 1.807) is 0 Å². The fraction of sp³-hybridized carbons (Fsp3) is 0.941. The van der Waals surface area contributed by atoms with Gasteiger partial charge in [-0.1, -0.05) is 26.7 Å². The minimum atomic E-state index is -0.611. The van der Waals surface area contributed by atoms with Crippen molar-refractivity contribution in [1.82, 2.24) is 5.32 Å². The van der Waals surface area contributed by atoms with E-state index in [1.807, 2.05) is 0 Å². The van der Waals surface area contributed by atoms with Crippen molar-refractivity contribution in [2.75, 3.05) is 0 Å². The van der Waals surface area contributed by atoms with Crippen LogP contribution in [0.2, 0.25) is 0 Å². The molecule has 1 aliphatic heterocycles. The molecule has 1 rings (SSSR count). The molecule has 2 N–H and O–H groups in total. The third-order valence-electron chi connectivity index (χ3n) is 4.79. The van der Waals surface area contributed by atoms with Gasteiger partial charge in [-0.15, -0.1) is 0 Å². The molecule has 118 valence electrons. The van der Waals surface area contributed by atoms with E-state index in [0.29, 0.717) is 5.92 Å². The molecule has 2 unspecified atom stereocenters. The van der Waals surface area contributed by atoms with Gasteiger partial charge in [0.15, 0.2) is 0 Å². The number of piperidine rings is 1. The Morgan fingerprint density at radius 3 is 2.15 bits per heavy atom. The number of carboxylic acids is 1. The molecule has 0 aromatic carbocycles. The molecule has 0 amide bonds. The molecule has 20 heavy (non-hydrogen) atoms. The molecular formula is C17H33NO2. The summed E-state index contributed by atoms with van der Waals surface area (Å²) in [6.45, 7) is 13.2. The maximum absolute atomic E-state index is 11.6. The highest BCUT2D eigenvalue weighted by Crippen LogP contribution is 2.40. The number of rotatable bonds is 6. The fourth-order valence-corrected chi connectivity index (χ4v) is 4.14. The summed E-state index contributed by atoms with van der Waals surface area (Å²) in [7, 11) is 0. The SMILES string of the molecule is CCCCC(C(=O)O)C(C)C1CC(C)(C)NC(C)(C)C1. The monoisotopic (exact) mass is 283 g/mol. The Morgan fingerprint density at radius 2 is 1.75 bits per heavy atom. The molecule has 0 bridgehead atoms. The summed E-state index contributed by atoms with van der Waals surface area (Å²) in [6.07, 6.45) is 5.03. The molecule has 1 heterocycles. The predicted octanol–water partition coefficient (Wildman–Crippen LogP) is 4.07. The molecule has 0 saturated carbocycles. The van der Waals surface area contributed by atoms with Crippen LogP contribution in [-0.4, -0.2) is 22.2 Å². The Balaban J connectivity index is 2.82. The molecule has 0 spiro atoms. The minimum absolute atomic E-state index is 0.0918. The molecular weight excluding hydrogens is 250 g/mol. The Morgan fingerprint density at radius 1 is 1.25 bits per heavy atom. The Bertz CT molecular complexity index is 320. The van der Waals surface area contributed by atoms with Gasteiger partial charge in [-0.25, -0.2) is 0 Å². The van der Waals surface area contributed by atoms with E-state index in [-0.39, 0.29) is 22.9 Å². The average molecular weight is 283 g/mol. The number of unbranched alkanes of at least 4 members (excludes halogenated alkanes) is 1. The molecule has 1 aliphatic rings. The molecule has 0 aromatic rings. The Labute approximate surface area is 124 Å². The van der Waals surface area contributed by atoms with Gasteiger partial charge in [-0.05, 0) is 58.8 Å². The highest BCUT2D eigenvalue weighted by atomic mass is 16.4. The molecule has 0 aromatic heterocycles. The third kappa shape index (κ3) is 4.76. The van der Waals surface area contributed by atoms with Crippen LogP contribution in [0.15, 0.2) is 0 Å². The predicted molar refractivity (Wildman–Crippen MR) is 83.8 cm³/mol. The van der Waals surface area contributed by atoms with E-state index in [1.165, 1.54) is 0 Å². The first-order valence-electron chi connectivity index (χ1n) is 8.10. The van der Waals surface area contributed by atoms with Gasteiger partial charge in [0.25, 0.3) is 0 Å². The van der Waals surface area contributed by atoms with E-state index >= 15 is 0 Å². The molecule has 0 radical (unpaired) electrons. The van der Waals surface area contributed by atoms with Gasteiger partial charge in [0, 0.05) is 11.1 Å². The first kappa shape index (κ1) is 17.5. The molecule has 1 saturated heterocycles. The van der Waals surface area contributed by atoms with Crippen LogP contribution in [0.5, 0.6) is 0 Å². The van der Waals surface area contributed by atoms with Crippen molar-refractivity contribution in [3.63, 3.8) is 0 Å². The lowest BCUT2D eigenvalue weighted by molar-refractivity contribution is -0.145. The standard InChI is InChI=1S/C17H33NO2/c1-7-8-9-14(15(19)20)12(2)13-10-16(3,4)18-17(5,6)11-13/h12-14,18H,7-11H2,1-6H3,(H,19,20). The van der Waals surface area contributed by atoms with E-state index in [2.05, 4.69) is 46.9 Å². The van der Waals surface area contributed by atoms with Crippen LogP contribution in [0.4, 0.5) is 0 Å². The van der Waals surface area contributed by atoms with Crippen LogP contribution in [-0.2, 0) is 4.79 Å². The van der Waals surface area contributed by atoms with Crippen LogP contribution in [0.1, 0.15) is 73.6 Å². The van der Waals surface area contributed by atoms with Gasteiger partial charge < -0.3 is 10.4 Å². The number of aliphatic carboxylic acids is 1. The van der Waals surface area contributed by atoms with Crippen LogP contribution in [0, 0.1) is 17.8 Å². The lowest BCUT2D eigenvalue weighted by Crippen LogP contribution is -2.59. The molecule has 3 heteroatoms.